The fraction of sp³-hybridized carbons (Fsp3) is 0.231. The Morgan fingerprint density at radius 1 is 1.11 bits per heavy atom. The molecule has 0 aliphatic heterocycles. The van der Waals surface area contributed by atoms with Gasteiger partial charge in [-0.15, -0.1) is 0 Å². The molecule has 10 nitrogen and oxygen atoms in total. The molecule has 0 unspecified atom stereocenters. The van der Waals surface area contributed by atoms with Gasteiger partial charge in [-0.2, -0.15) is 18.6 Å². The molecule has 1 atom stereocenters. The number of para-hydroxylation sites is 1. The normalized spacial score (nSPS) is 11.8. The predicted octanol–water partition coefficient (Wildman–Crippen LogP) is 3.12. The van der Waals surface area contributed by atoms with E-state index >= 15 is 0 Å². The van der Waals surface area contributed by atoms with Crippen LogP contribution in [0.25, 0.3) is 33.2 Å². The zero-order valence-corrected chi connectivity index (χ0v) is 21.5. The molecule has 37 heavy (non-hydrogen) atoms. The summed E-state index contributed by atoms with van der Waals surface area (Å²) >= 11 is 0. The van der Waals surface area contributed by atoms with Crippen LogP contribution in [0.3, 0.4) is 0 Å². The minimum absolute atomic E-state index is 0. The molecule has 11 heteroatoms. The number of fused-ring (bicyclic) bond motifs is 2. The van der Waals surface area contributed by atoms with Crippen molar-refractivity contribution in [3.05, 3.63) is 72.4 Å². The van der Waals surface area contributed by atoms with Crippen LogP contribution in [0.2, 0.25) is 0 Å². The molecule has 1 amide bonds. The lowest BCUT2D eigenvalue weighted by Crippen LogP contribution is -2.18. The molecule has 1 aromatic carbocycles. The number of nitrogens with one attached hydrogen (secondary N) is 2. The second-order valence-corrected chi connectivity index (χ2v) is 8.48. The predicted molar refractivity (Wildman–Crippen MR) is 148 cm³/mol. The average molecular weight is 517 g/mol. The smallest absolute Gasteiger partial charge is 0.251 e. The number of aromatic nitrogens is 6. The number of carbonyl (C=O) groups is 1. The van der Waals surface area contributed by atoms with Crippen LogP contribution >= 0.6 is 13.5 Å². The number of amides is 1. The van der Waals surface area contributed by atoms with Gasteiger partial charge in [-0.1, -0.05) is 25.1 Å². The van der Waals surface area contributed by atoms with Crippen molar-refractivity contribution >= 4 is 47.2 Å². The number of pyridine rings is 2. The van der Waals surface area contributed by atoms with E-state index in [1.165, 1.54) is 6.33 Å². The molecule has 0 bridgehead atoms. The van der Waals surface area contributed by atoms with Crippen LogP contribution in [-0.4, -0.2) is 60.9 Å². The van der Waals surface area contributed by atoms with Gasteiger partial charge >= 0.3 is 0 Å². The van der Waals surface area contributed by atoms with Gasteiger partial charge in [0.25, 0.3) is 5.91 Å². The number of nitrogens with zero attached hydrogens (tertiary/aromatic N) is 6. The molecule has 4 heterocycles. The Kier molecular flexibility index (Phi) is 7.95. The van der Waals surface area contributed by atoms with Crippen molar-refractivity contribution in [2.24, 2.45) is 0 Å². The van der Waals surface area contributed by atoms with Gasteiger partial charge in [-0.05, 0) is 17.7 Å². The number of rotatable bonds is 8. The van der Waals surface area contributed by atoms with Gasteiger partial charge in [0.05, 0.1) is 36.1 Å². The summed E-state index contributed by atoms with van der Waals surface area (Å²) in [4.78, 5) is 30.1. The molecule has 190 valence electrons. The molecule has 5 rings (SSSR count). The summed E-state index contributed by atoms with van der Waals surface area (Å²) in [6.45, 7) is 3.13. The second-order valence-electron chi connectivity index (χ2n) is 8.48. The first-order valence-electron chi connectivity index (χ1n) is 11.7. The first-order chi connectivity index (χ1) is 17.6. The number of aliphatic hydroxyl groups is 1. The third-order valence-electron chi connectivity index (χ3n) is 6.14. The minimum atomic E-state index is -0.132. The summed E-state index contributed by atoms with van der Waals surface area (Å²) in [6.07, 6.45) is 6.68. The maximum Gasteiger partial charge on any atom is 0.251 e. The van der Waals surface area contributed by atoms with Gasteiger partial charge in [0.2, 0.25) is 0 Å². The van der Waals surface area contributed by atoms with Crippen LogP contribution in [0.4, 0.5) is 5.82 Å². The number of hydrogen-bond acceptors (Lipinski definition) is 8. The fourth-order valence-corrected chi connectivity index (χ4v) is 4.28. The van der Waals surface area contributed by atoms with E-state index in [4.69, 9.17) is 0 Å². The van der Waals surface area contributed by atoms with Crippen molar-refractivity contribution in [2.45, 2.75) is 19.4 Å². The first-order valence-corrected chi connectivity index (χ1v) is 11.7. The topological polar surface area (TPSA) is 131 Å². The highest BCUT2D eigenvalue weighted by atomic mass is 32.1. The summed E-state index contributed by atoms with van der Waals surface area (Å²) in [5.74, 6) is 0.671. The van der Waals surface area contributed by atoms with Crippen molar-refractivity contribution in [1.29, 1.82) is 0 Å². The van der Waals surface area contributed by atoms with E-state index in [1.807, 2.05) is 30.3 Å². The number of benzene rings is 1. The van der Waals surface area contributed by atoms with E-state index in [-0.39, 0.29) is 31.9 Å². The molecular weight excluding hydrogens is 488 g/mol. The summed E-state index contributed by atoms with van der Waals surface area (Å²) in [5, 5.41) is 21.3. The van der Waals surface area contributed by atoms with Gasteiger partial charge < -0.3 is 15.7 Å². The molecule has 0 saturated heterocycles. The van der Waals surface area contributed by atoms with Crippen LogP contribution in [-0.2, 0) is 6.54 Å². The Labute approximate surface area is 220 Å². The van der Waals surface area contributed by atoms with Crippen molar-refractivity contribution in [2.75, 3.05) is 25.5 Å². The second kappa shape index (κ2) is 11.3. The van der Waals surface area contributed by atoms with E-state index in [1.54, 1.807) is 36.4 Å². The van der Waals surface area contributed by atoms with E-state index in [2.05, 4.69) is 42.6 Å². The number of hydrogen-bond donors (Lipinski definition) is 3. The zero-order valence-electron chi connectivity index (χ0n) is 20.5. The Morgan fingerprint density at radius 3 is 2.78 bits per heavy atom. The van der Waals surface area contributed by atoms with Crippen LogP contribution in [0.15, 0.2) is 61.3 Å². The molecule has 0 aliphatic carbocycles. The maximum atomic E-state index is 12.3. The molecular formula is C26H28N8O2S. The van der Waals surface area contributed by atoms with Crippen LogP contribution in [0, 0.1) is 0 Å². The van der Waals surface area contributed by atoms with Crippen LogP contribution in [0.5, 0.6) is 0 Å². The van der Waals surface area contributed by atoms with Gasteiger partial charge in [-0.25, -0.2) is 19.6 Å². The van der Waals surface area contributed by atoms with Crippen molar-refractivity contribution < 1.29 is 9.90 Å². The van der Waals surface area contributed by atoms with Crippen molar-refractivity contribution in [3.63, 3.8) is 0 Å². The highest BCUT2D eigenvalue weighted by Gasteiger charge is 2.15. The lowest BCUT2D eigenvalue weighted by atomic mass is 9.96. The van der Waals surface area contributed by atoms with Crippen molar-refractivity contribution in [3.8, 4) is 11.3 Å². The number of aliphatic hydroxyl groups excluding tert-OH is 1. The lowest BCUT2D eigenvalue weighted by Gasteiger charge is -2.16. The van der Waals surface area contributed by atoms with Gasteiger partial charge in [0.1, 0.15) is 12.1 Å². The molecule has 5 aromatic rings. The molecule has 3 N–H and O–H groups in total. The van der Waals surface area contributed by atoms with Gasteiger partial charge in [0, 0.05) is 54.3 Å². The Bertz CT molecular complexity index is 1550. The van der Waals surface area contributed by atoms with E-state index in [0.29, 0.717) is 24.5 Å². The van der Waals surface area contributed by atoms with Crippen LogP contribution in [0.1, 0.15) is 28.8 Å². The SMILES string of the molecule is CNC(=O)c1ccnc2c([C@H](C)CNc3cc(-c4cnc5c(cnn5CCO)c4)ncn3)cccc12.S. The molecule has 0 radical (unpaired) electrons. The minimum Gasteiger partial charge on any atom is -0.394 e. The molecule has 0 aliphatic rings. The molecule has 0 saturated carbocycles. The summed E-state index contributed by atoms with van der Waals surface area (Å²) in [6, 6.07) is 11.5. The highest BCUT2D eigenvalue weighted by Crippen LogP contribution is 2.27. The third-order valence-corrected chi connectivity index (χ3v) is 6.14. The lowest BCUT2D eigenvalue weighted by molar-refractivity contribution is 0.0964. The maximum absolute atomic E-state index is 12.3. The monoisotopic (exact) mass is 516 g/mol. The summed E-state index contributed by atoms with van der Waals surface area (Å²) in [5.41, 5.74) is 4.79. The van der Waals surface area contributed by atoms with E-state index in [0.717, 1.165) is 38.8 Å². The largest absolute Gasteiger partial charge is 0.394 e. The zero-order chi connectivity index (χ0) is 25.1. The third kappa shape index (κ3) is 5.23. The molecule has 0 spiro atoms. The average Bonchev–Trinajstić information content (AvgIpc) is 3.33. The first kappa shape index (κ1) is 26.0. The standard InChI is InChI=1S/C26H26N8O2.H2S/c1-16(19-4-3-5-20-21(26(36)27-2)6-7-28-24(19)20)12-29-23-11-22(31-15-32-23)17-10-18-14-33-34(8-9-35)25(18)30-13-17;/h3-7,10-11,13-16,35H,8-9,12H2,1-2H3,(H,27,36)(H,29,31,32);1H2/t16-;/m1./s1. The summed E-state index contributed by atoms with van der Waals surface area (Å²) < 4.78 is 1.67. The van der Waals surface area contributed by atoms with Gasteiger partial charge in [-0.3, -0.25) is 9.78 Å². The summed E-state index contributed by atoms with van der Waals surface area (Å²) in [7, 11) is 1.62. The number of anilines is 1. The fourth-order valence-electron chi connectivity index (χ4n) is 4.28. The Morgan fingerprint density at radius 2 is 1.97 bits per heavy atom. The molecule has 4 aromatic heterocycles. The number of carbonyl (C=O) groups excluding carboxylic acids is 1. The van der Waals surface area contributed by atoms with Crippen LogP contribution < -0.4 is 10.6 Å². The highest BCUT2D eigenvalue weighted by molar-refractivity contribution is 7.59. The van der Waals surface area contributed by atoms with E-state index < -0.39 is 0 Å². The molecule has 0 fully saturated rings. The Balaban J connectivity index is 0.00000320. The quantitative estimate of drug-likeness (QED) is 0.287. The van der Waals surface area contributed by atoms with Crippen molar-refractivity contribution in [1.82, 2.24) is 35.0 Å². The Hall–Kier alpha value is -4.09. The van der Waals surface area contributed by atoms with Gasteiger partial charge in [0.15, 0.2) is 5.65 Å². The van der Waals surface area contributed by atoms with E-state index in [9.17, 15) is 9.90 Å².